The molecule has 0 radical (unpaired) electrons. The lowest BCUT2D eigenvalue weighted by molar-refractivity contribution is -0.108. The van der Waals surface area contributed by atoms with E-state index in [4.69, 9.17) is 10.3 Å². The second-order valence-corrected chi connectivity index (χ2v) is 2.93. The monoisotopic (exact) mass is 205 g/mol. The maximum absolute atomic E-state index is 10.8. The average Bonchev–Trinajstić information content (AvgIpc) is 2.31. The van der Waals surface area contributed by atoms with Crippen LogP contribution in [0.5, 0.6) is 5.75 Å². The molecule has 0 N–H and O–H groups in total. The van der Waals surface area contributed by atoms with Gasteiger partial charge in [0.05, 0.1) is 7.11 Å². The molecule has 0 spiro atoms. The van der Waals surface area contributed by atoms with Crippen LogP contribution in [0.15, 0.2) is 29.4 Å². The molecule has 78 valence electrons. The van der Waals surface area contributed by atoms with Gasteiger partial charge in [-0.15, -0.1) is 0 Å². The van der Waals surface area contributed by atoms with Crippen molar-refractivity contribution < 1.29 is 9.53 Å². The Kier molecular flexibility index (Phi) is 4.19. The number of azide groups is 1. The molecule has 0 aliphatic rings. The van der Waals surface area contributed by atoms with E-state index in [0.29, 0.717) is 0 Å². The molecule has 0 heterocycles. The van der Waals surface area contributed by atoms with Gasteiger partial charge in [-0.1, -0.05) is 17.2 Å². The Morgan fingerprint density at radius 3 is 2.67 bits per heavy atom. The predicted octanol–water partition coefficient (Wildman–Crippen LogP) is 2.29. The number of hydrogen-bond acceptors (Lipinski definition) is 3. The molecule has 15 heavy (non-hydrogen) atoms. The number of rotatable bonds is 5. The number of aldehydes is 1. The number of carbonyl (C=O) groups excluding carboxylic acids is 1. The van der Waals surface area contributed by atoms with Crippen LogP contribution in [0.1, 0.15) is 11.5 Å². The summed E-state index contributed by atoms with van der Waals surface area (Å²) in [5.41, 5.74) is 8.98. The normalized spacial score (nSPS) is 11.3. The molecule has 0 amide bonds. The van der Waals surface area contributed by atoms with E-state index in [0.717, 1.165) is 17.6 Å². The van der Waals surface area contributed by atoms with Crippen molar-refractivity contribution in [3.05, 3.63) is 40.3 Å². The molecule has 1 unspecified atom stereocenters. The Hall–Kier alpha value is -2.00. The molecule has 1 aromatic rings. The zero-order valence-electron chi connectivity index (χ0n) is 8.33. The molecule has 0 fully saturated rings. The Morgan fingerprint density at radius 2 is 2.20 bits per heavy atom. The van der Waals surface area contributed by atoms with Crippen LogP contribution in [0.2, 0.25) is 0 Å². The van der Waals surface area contributed by atoms with Crippen molar-refractivity contribution >= 4 is 6.29 Å². The van der Waals surface area contributed by atoms with Gasteiger partial charge in [-0.2, -0.15) is 0 Å². The van der Waals surface area contributed by atoms with E-state index >= 15 is 0 Å². The molecule has 0 aliphatic heterocycles. The van der Waals surface area contributed by atoms with Gasteiger partial charge in [0.15, 0.2) is 0 Å². The van der Waals surface area contributed by atoms with Crippen LogP contribution < -0.4 is 4.74 Å². The van der Waals surface area contributed by atoms with Crippen LogP contribution >= 0.6 is 0 Å². The lowest BCUT2D eigenvalue weighted by atomic mass is 10.0. The molecule has 5 heteroatoms. The summed E-state index contributed by atoms with van der Waals surface area (Å²) in [5.74, 6) is 0.346. The molecule has 1 atom stereocenters. The number of methoxy groups -OCH3 is 1. The molecule has 0 saturated heterocycles. The predicted molar refractivity (Wildman–Crippen MR) is 55.8 cm³/mol. The van der Waals surface area contributed by atoms with E-state index in [9.17, 15) is 4.79 Å². The Labute approximate surface area is 87.3 Å². The van der Waals surface area contributed by atoms with E-state index in [1.807, 2.05) is 0 Å². The first-order chi connectivity index (χ1) is 7.31. The van der Waals surface area contributed by atoms with Gasteiger partial charge in [0.25, 0.3) is 0 Å². The van der Waals surface area contributed by atoms with Crippen molar-refractivity contribution in [2.24, 2.45) is 5.11 Å². The highest BCUT2D eigenvalue weighted by atomic mass is 16.5. The van der Waals surface area contributed by atoms with Crippen LogP contribution in [0.3, 0.4) is 0 Å². The van der Waals surface area contributed by atoms with E-state index < -0.39 is 0 Å². The second kappa shape index (κ2) is 5.67. The third-order valence-electron chi connectivity index (χ3n) is 2.05. The van der Waals surface area contributed by atoms with Crippen molar-refractivity contribution in [3.8, 4) is 5.75 Å². The summed E-state index contributed by atoms with van der Waals surface area (Å²) < 4.78 is 4.99. The summed E-state index contributed by atoms with van der Waals surface area (Å²) in [6.45, 7) is 0.145. The Balaban J connectivity index is 2.82. The summed E-state index contributed by atoms with van der Waals surface area (Å²) in [7, 11) is 1.58. The molecule has 0 aromatic heterocycles. The summed E-state index contributed by atoms with van der Waals surface area (Å²) in [4.78, 5) is 13.4. The van der Waals surface area contributed by atoms with E-state index in [-0.39, 0.29) is 12.5 Å². The first-order valence-corrected chi connectivity index (χ1v) is 4.42. The maximum Gasteiger partial charge on any atom is 0.127 e. The lowest BCUT2D eigenvalue weighted by Gasteiger charge is -2.07. The highest BCUT2D eigenvalue weighted by Crippen LogP contribution is 2.18. The lowest BCUT2D eigenvalue weighted by Crippen LogP contribution is -2.03. The molecule has 1 aromatic carbocycles. The molecule has 0 aliphatic carbocycles. The SMILES string of the molecule is COc1ccc(C(C=O)CN=[N+]=[N-])cc1. The zero-order chi connectivity index (χ0) is 11.1. The Bertz CT molecular complexity index is 369. The van der Waals surface area contributed by atoms with Gasteiger partial charge >= 0.3 is 0 Å². The minimum atomic E-state index is -0.383. The van der Waals surface area contributed by atoms with Crippen molar-refractivity contribution in [3.63, 3.8) is 0 Å². The molecular formula is C10H11N3O2. The number of ether oxygens (including phenoxy) is 1. The molecule has 0 bridgehead atoms. The quantitative estimate of drug-likeness (QED) is 0.320. The van der Waals surface area contributed by atoms with Gasteiger partial charge in [-0.05, 0) is 23.2 Å². The topological polar surface area (TPSA) is 75.1 Å². The van der Waals surface area contributed by atoms with Gasteiger partial charge in [0.1, 0.15) is 12.0 Å². The van der Waals surface area contributed by atoms with Gasteiger partial charge in [-0.25, -0.2) is 0 Å². The van der Waals surface area contributed by atoms with E-state index in [1.165, 1.54) is 0 Å². The average molecular weight is 205 g/mol. The van der Waals surface area contributed by atoms with Crippen LogP contribution in [0.4, 0.5) is 0 Å². The summed E-state index contributed by atoms with van der Waals surface area (Å²) in [6, 6.07) is 7.10. The Morgan fingerprint density at radius 1 is 1.53 bits per heavy atom. The summed E-state index contributed by atoms with van der Waals surface area (Å²) >= 11 is 0. The van der Waals surface area contributed by atoms with Crippen molar-refractivity contribution in [1.82, 2.24) is 0 Å². The number of nitrogens with zero attached hydrogens (tertiary/aromatic N) is 3. The molecular weight excluding hydrogens is 194 g/mol. The van der Waals surface area contributed by atoms with E-state index in [2.05, 4.69) is 10.0 Å². The van der Waals surface area contributed by atoms with Gasteiger partial charge in [0.2, 0.25) is 0 Å². The highest BCUT2D eigenvalue weighted by Gasteiger charge is 2.08. The van der Waals surface area contributed by atoms with Crippen LogP contribution in [-0.2, 0) is 4.79 Å². The third-order valence-corrected chi connectivity index (χ3v) is 2.05. The van der Waals surface area contributed by atoms with Gasteiger partial charge in [-0.3, -0.25) is 0 Å². The number of carbonyl (C=O) groups is 1. The van der Waals surface area contributed by atoms with Crippen molar-refractivity contribution in [1.29, 1.82) is 0 Å². The molecule has 0 saturated carbocycles. The summed E-state index contributed by atoms with van der Waals surface area (Å²) in [5, 5.41) is 3.38. The minimum absolute atomic E-state index is 0.145. The van der Waals surface area contributed by atoms with Crippen LogP contribution in [0.25, 0.3) is 10.4 Å². The fraction of sp³-hybridized carbons (Fsp3) is 0.300. The number of benzene rings is 1. The minimum Gasteiger partial charge on any atom is -0.497 e. The summed E-state index contributed by atoms with van der Waals surface area (Å²) in [6.07, 6.45) is 0.774. The fourth-order valence-corrected chi connectivity index (χ4v) is 1.20. The number of hydrogen-bond donors (Lipinski definition) is 0. The largest absolute Gasteiger partial charge is 0.497 e. The molecule has 1 rings (SSSR count). The smallest absolute Gasteiger partial charge is 0.127 e. The third kappa shape index (κ3) is 3.00. The van der Waals surface area contributed by atoms with Gasteiger partial charge in [0, 0.05) is 17.4 Å². The fourth-order valence-electron chi connectivity index (χ4n) is 1.20. The van der Waals surface area contributed by atoms with Crippen LogP contribution in [-0.4, -0.2) is 19.9 Å². The van der Waals surface area contributed by atoms with Crippen molar-refractivity contribution in [2.45, 2.75) is 5.92 Å². The first-order valence-electron chi connectivity index (χ1n) is 4.42. The maximum atomic E-state index is 10.8. The standard InChI is InChI=1S/C10H11N3O2/c1-15-10-4-2-8(3-5-10)9(7-14)6-12-13-11/h2-5,7,9H,6H2,1H3. The highest BCUT2D eigenvalue weighted by molar-refractivity contribution is 5.62. The van der Waals surface area contributed by atoms with Gasteiger partial charge < -0.3 is 9.53 Å². The first kappa shape index (κ1) is 11.1. The van der Waals surface area contributed by atoms with E-state index in [1.54, 1.807) is 31.4 Å². The molecule has 5 nitrogen and oxygen atoms in total. The van der Waals surface area contributed by atoms with Crippen molar-refractivity contribution in [2.75, 3.05) is 13.7 Å². The zero-order valence-corrected chi connectivity index (χ0v) is 8.33. The second-order valence-electron chi connectivity index (χ2n) is 2.93. The van der Waals surface area contributed by atoms with Crippen LogP contribution in [0, 0.1) is 0 Å².